The van der Waals surface area contributed by atoms with Gasteiger partial charge in [0.15, 0.2) is 5.58 Å². The zero-order chi connectivity index (χ0) is 16.7. The molecule has 118 valence electrons. The molecule has 2 N–H and O–H groups in total. The fourth-order valence-corrected chi connectivity index (χ4v) is 2.78. The van der Waals surface area contributed by atoms with E-state index in [1.165, 1.54) is 0 Å². The molecular formula is C17H10ClN3O3. The first-order valence-corrected chi connectivity index (χ1v) is 7.46. The van der Waals surface area contributed by atoms with Crippen molar-refractivity contribution in [3.8, 4) is 0 Å². The molecule has 0 spiro atoms. The van der Waals surface area contributed by atoms with Crippen LogP contribution in [0.3, 0.4) is 0 Å². The number of aromatic nitrogens is 2. The number of hydrogen-bond acceptors (Lipinski definition) is 4. The third-order valence-electron chi connectivity index (χ3n) is 3.59. The molecule has 7 heteroatoms. The molecule has 0 fully saturated rings. The van der Waals surface area contributed by atoms with Crippen molar-refractivity contribution >= 4 is 45.2 Å². The number of H-pyrrole nitrogens is 1. The van der Waals surface area contributed by atoms with Crippen LogP contribution in [0.25, 0.3) is 22.0 Å². The number of rotatable bonds is 2. The fraction of sp³-hybridized carbons (Fsp3) is 0. The van der Waals surface area contributed by atoms with E-state index >= 15 is 0 Å². The highest BCUT2D eigenvalue weighted by Gasteiger charge is 2.13. The van der Waals surface area contributed by atoms with Gasteiger partial charge >= 0.3 is 5.76 Å². The number of benzene rings is 2. The Morgan fingerprint density at radius 1 is 1.21 bits per heavy atom. The number of pyridine rings is 1. The van der Waals surface area contributed by atoms with E-state index in [9.17, 15) is 9.59 Å². The molecule has 2 aromatic heterocycles. The quantitative estimate of drug-likeness (QED) is 0.584. The van der Waals surface area contributed by atoms with E-state index in [4.69, 9.17) is 16.0 Å². The average Bonchev–Trinajstić information content (AvgIpc) is 2.93. The SMILES string of the molecule is O=C(Nc1ccc2oc(=O)[nH]c2c1)c1cc(Cl)cc2cccnc12. The van der Waals surface area contributed by atoms with Crippen LogP contribution < -0.4 is 11.1 Å². The van der Waals surface area contributed by atoms with Crippen LogP contribution in [-0.2, 0) is 0 Å². The van der Waals surface area contributed by atoms with Crippen LogP contribution in [0.4, 0.5) is 5.69 Å². The summed E-state index contributed by atoms with van der Waals surface area (Å²) in [4.78, 5) is 30.6. The summed E-state index contributed by atoms with van der Waals surface area (Å²) < 4.78 is 4.93. The summed E-state index contributed by atoms with van der Waals surface area (Å²) in [6.45, 7) is 0. The number of hydrogen-bond donors (Lipinski definition) is 2. The van der Waals surface area contributed by atoms with Crippen molar-refractivity contribution in [1.29, 1.82) is 0 Å². The summed E-state index contributed by atoms with van der Waals surface area (Å²) in [7, 11) is 0. The second kappa shape index (κ2) is 5.50. The first-order valence-electron chi connectivity index (χ1n) is 7.09. The van der Waals surface area contributed by atoms with Crippen molar-refractivity contribution in [1.82, 2.24) is 9.97 Å². The number of anilines is 1. The molecule has 0 aliphatic carbocycles. The molecule has 1 amide bonds. The first-order chi connectivity index (χ1) is 11.6. The highest BCUT2D eigenvalue weighted by Crippen LogP contribution is 2.24. The largest absolute Gasteiger partial charge is 0.417 e. The maximum Gasteiger partial charge on any atom is 0.417 e. The van der Waals surface area contributed by atoms with Gasteiger partial charge < -0.3 is 9.73 Å². The first kappa shape index (κ1) is 14.5. The third kappa shape index (κ3) is 2.53. The van der Waals surface area contributed by atoms with Gasteiger partial charge in [-0.05, 0) is 36.4 Å². The lowest BCUT2D eigenvalue weighted by Crippen LogP contribution is -2.12. The highest BCUT2D eigenvalue weighted by atomic mass is 35.5. The van der Waals surface area contributed by atoms with Gasteiger partial charge in [-0.25, -0.2) is 4.79 Å². The second-order valence-electron chi connectivity index (χ2n) is 5.21. The van der Waals surface area contributed by atoms with E-state index in [1.807, 2.05) is 6.07 Å². The van der Waals surface area contributed by atoms with E-state index in [0.717, 1.165) is 5.39 Å². The van der Waals surface area contributed by atoms with Crippen molar-refractivity contribution in [2.45, 2.75) is 0 Å². The molecule has 0 radical (unpaired) electrons. The molecule has 4 aromatic rings. The standard InChI is InChI=1S/C17H10ClN3O3/c18-10-6-9-2-1-5-19-15(9)12(7-10)16(22)20-11-3-4-14-13(8-11)21-17(23)24-14/h1-8H,(H,20,22)(H,21,23). The summed E-state index contributed by atoms with van der Waals surface area (Å²) in [5, 5.41) is 4.01. The Bertz CT molecular complexity index is 1150. The molecule has 2 aromatic carbocycles. The number of oxazole rings is 1. The van der Waals surface area contributed by atoms with Crippen molar-refractivity contribution < 1.29 is 9.21 Å². The maximum absolute atomic E-state index is 12.6. The second-order valence-corrected chi connectivity index (χ2v) is 5.64. The van der Waals surface area contributed by atoms with Gasteiger partial charge in [-0.1, -0.05) is 17.7 Å². The Kier molecular flexibility index (Phi) is 3.32. The number of carbonyl (C=O) groups is 1. The van der Waals surface area contributed by atoms with E-state index in [-0.39, 0.29) is 5.91 Å². The van der Waals surface area contributed by atoms with E-state index in [0.29, 0.717) is 32.9 Å². The molecule has 2 heterocycles. The van der Waals surface area contributed by atoms with Crippen molar-refractivity contribution in [2.75, 3.05) is 5.32 Å². The van der Waals surface area contributed by atoms with Crippen molar-refractivity contribution in [3.63, 3.8) is 0 Å². The zero-order valence-corrected chi connectivity index (χ0v) is 12.9. The third-order valence-corrected chi connectivity index (χ3v) is 3.81. The molecule has 0 atom stereocenters. The van der Waals surface area contributed by atoms with E-state index < -0.39 is 5.76 Å². The Morgan fingerprint density at radius 2 is 2.08 bits per heavy atom. The van der Waals surface area contributed by atoms with E-state index in [2.05, 4.69) is 15.3 Å². The Labute approximate surface area is 140 Å². The predicted molar refractivity (Wildman–Crippen MR) is 91.5 cm³/mol. The molecule has 24 heavy (non-hydrogen) atoms. The van der Waals surface area contributed by atoms with Gasteiger partial charge in [0.05, 0.1) is 16.6 Å². The van der Waals surface area contributed by atoms with Crippen LogP contribution in [-0.4, -0.2) is 15.9 Å². The molecule has 4 rings (SSSR count). The van der Waals surface area contributed by atoms with Gasteiger partial charge in [-0.3, -0.25) is 14.8 Å². The van der Waals surface area contributed by atoms with Gasteiger partial charge in [0.1, 0.15) is 0 Å². The van der Waals surface area contributed by atoms with Gasteiger partial charge in [-0.2, -0.15) is 0 Å². The molecule has 0 aliphatic heterocycles. The summed E-state index contributed by atoms with van der Waals surface area (Å²) in [5.41, 5.74) is 2.39. The minimum Gasteiger partial charge on any atom is -0.408 e. The Balaban J connectivity index is 1.74. The molecule has 0 saturated heterocycles. The number of amides is 1. The molecule has 0 unspecified atom stereocenters. The Morgan fingerprint density at radius 3 is 2.96 bits per heavy atom. The van der Waals surface area contributed by atoms with Crippen LogP contribution in [0.15, 0.2) is 57.9 Å². The lowest BCUT2D eigenvalue weighted by atomic mass is 10.1. The monoisotopic (exact) mass is 339 g/mol. The minimum atomic E-state index is -0.543. The van der Waals surface area contributed by atoms with Gasteiger partial charge in [0.2, 0.25) is 0 Å². The number of aromatic amines is 1. The smallest absolute Gasteiger partial charge is 0.408 e. The number of nitrogens with zero attached hydrogens (tertiary/aromatic N) is 1. The zero-order valence-electron chi connectivity index (χ0n) is 12.2. The lowest BCUT2D eigenvalue weighted by Gasteiger charge is -2.08. The number of carbonyl (C=O) groups excluding carboxylic acids is 1. The molecule has 0 saturated carbocycles. The fourth-order valence-electron chi connectivity index (χ4n) is 2.56. The summed E-state index contributed by atoms with van der Waals surface area (Å²) in [6, 6.07) is 11.8. The van der Waals surface area contributed by atoms with Gasteiger partial charge in [0, 0.05) is 22.3 Å². The van der Waals surface area contributed by atoms with Crippen molar-refractivity contribution in [2.24, 2.45) is 0 Å². The van der Waals surface area contributed by atoms with Crippen LogP contribution in [0, 0.1) is 0 Å². The van der Waals surface area contributed by atoms with Crippen LogP contribution in [0.5, 0.6) is 0 Å². The maximum atomic E-state index is 12.6. The molecule has 0 aliphatic rings. The number of fused-ring (bicyclic) bond motifs is 2. The molecule has 6 nitrogen and oxygen atoms in total. The average molecular weight is 340 g/mol. The van der Waals surface area contributed by atoms with Crippen LogP contribution in [0.1, 0.15) is 10.4 Å². The minimum absolute atomic E-state index is 0.341. The highest BCUT2D eigenvalue weighted by molar-refractivity contribution is 6.32. The summed E-state index contributed by atoms with van der Waals surface area (Å²) in [6.07, 6.45) is 1.62. The number of halogens is 1. The molecule has 0 bridgehead atoms. The topological polar surface area (TPSA) is 88.0 Å². The Hall–Kier alpha value is -3.12. The van der Waals surface area contributed by atoms with Crippen molar-refractivity contribution in [3.05, 3.63) is 69.8 Å². The van der Waals surface area contributed by atoms with Gasteiger partial charge in [-0.15, -0.1) is 0 Å². The summed E-state index contributed by atoms with van der Waals surface area (Å²) >= 11 is 6.09. The van der Waals surface area contributed by atoms with Crippen LogP contribution >= 0.6 is 11.6 Å². The lowest BCUT2D eigenvalue weighted by molar-refractivity contribution is 0.102. The number of nitrogens with one attached hydrogen (secondary N) is 2. The summed E-state index contributed by atoms with van der Waals surface area (Å²) in [5.74, 6) is -0.884. The normalized spacial score (nSPS) is 11.0. The van der Waals surface area contributed by atoms with E-state index in [1.54, 1.807) is 42.6 Å². The van der Waals surface area contributed by atoms with Crippen LogP contribution in [0.2, 0.25) is 5.02 Å². The predicted octanol–water partition coefficient (Wildman–Crippen LogP) is 3.58. The van der Waals surface area contributed by atoms with Gasteiger partial charge in [0.25, 0.3) is 5.91 Å². The molecular weight excluding hydrogens is 330 g/mol.